The highest BCUT2D eigenvalue weighted by molar-refractivity contribution is 5.31. The van der Waals surface area contributed by atoms with E-state index >= 15 is 0 Å². The Bertz CT molecular complexity index is 560. The molecule has 2 aromatic rings. The molecule has 1 aromatic heterocycles. The maximum absolute atomic E-state index is 5.47. The van der Waals surface area contributed by atoms with Crippen LogP contribution in [-0.4, -0.2) is 29.0 Å². The number of benzene rings is 1. The highest BCUT2D eigenvalue weighted by atomic mass is 16.5. The number of aromatic nitrogens is 2. The van der Waals surface area contributed by atoms with Gasteiger partial charge in [0.2, 0.25) is 0 Å². The molecule has 1 saturated heterocycles. The molecule has 0 bridgehead atoms. The number of para-hydroxylation sites is 1. The molecule has 112 valence electrons. The van der Waals surface area contributed by atoms with Crippen molar-refractivity contribution in [1.82, 2.24) is 15.1 Å². The molecular formula is C17H23N3O. The predicted octanol–water partition coefficient (Wildman–Crippen LogP) is 2.95. The standard InChI is InChI=1S/C17H23N3O/c1-13(15-8-9-21-12-15)19-14(2)16-10-18-20(11-16)17-6-4-3-5-7-17/h3-7,10-11,13-15,19H,8-9,12H2,1-2H3. The summed E-state index contributed by atoms with van der Waals surface area (Å²) in [7, 11) is 0. The topological polar surface area (TPSA) is 39.1 Å². The zero-order chi connectivity index (χ0) is 14.7. The average Bonchev–Trinajstić information content (AvgIpc) is 3.20. The molecule has 2 heterocycles. The molecular weight excluding hydrogens is 262 g/mol. The summed E-state index contributed by atoms with van der Waals surface area (Å²) in [6, 6.07) is 11.0. The third-order valence-electron chi connectivity index (χ3n) is 4.31. The van der Waals surface area contributed by atoms with Crippen molar-refractivity contribution in [1.29, 1.82) is 0 Å². The number of rotatable bonds is 5. The van der Waals surface area contributed by atoms with E-state index in [1.165, 1.54) is 5.56 Å². The molecule has 0 aliphatic carbocycles. The number of hydrogen-bond donors (Lipinski definition) is 1. The van der Waals surface area contributed by atoms with Crippen LogP contribution in [0, 0.1) is 5.92 Å². The van der Waals surface area contributed by atoms with Gasteiger partial charge >= 0.3 is 0 Å². The number of nitrogens with zero attached hydrogens (tertiary/aromatic N) is 2. The molecule has 4 nitrogen and oxygen atoms in total. The zero-order valence-electron chi connectivity index (χ0n) is 12.7. The summed E-state index contributed by atoms with van der Waals surface area (Å²) in [5.41, 5.74) is 2.30. The predicted molar refractivity (Wildman–Crippen MR) is 83.5 cm³/mol. The average molecular weight is 285 g/mol. The SMILES string of the molecule is CC(NC(C)C1CCOC1)c1cnn(-c2ccccc2)c1. The van der Waals surface area contributed by atoms with E-state index in [-0.39, 0.29) is 6.04 Å². The van der Waals surface area contributed by atoms with Gasteiger partial charge in [0.1, 0.15) is 0 Å². The van der Waals surface area contributed by atoms with Crippen LogP contribution in [-0.2, 0) is 4.74 Å². The first-order chi connectivity index (χ1) is 10.2. The lowest BCUT2D eigenvalue weighted by atomic mass is 9.99. The smallest absolute Gasteiger partial charge is 0.0645 e. The van der Waals surface area contributed by atoms with Crippen molar-refractivity contribution in [3.8, 4) is 5.69 Å². The molecule has 0 saturated carbocycles. The van der Waals surface area contributed by atoms with Gasteiger partial charge in [0.15, 0.2) is 0 Å². The lowest BCUT2D eigenvalue weighted by molar-refractivity contribution is 0.177. The fourth-order valence-corrected chi connectivity index (χ4v) is 2.86. The van der Waals surface area contributed by atoms with Gasteiger partial charge < -0.3 is 10.1 Å². The molecule has 1 N–H and O–H groups in total. The van der Waals surface area contributed by atoms with Gasteiger partial charge in [0, 0.05) is 30.5 Å². The Hall–Kier alpha value is -1.65. The van der Waals surface area contributed by atoms with Crippen LogP contribution in [0.25, 0.3) is 5.69 Å². The Morgan fingerprint density at radius 3 is 2.81 bits per heavy atom. The largest absolute Gasteiger partial charge is 0.381 e. The van der Waals surface area contributed by atoms with E-state index in [1.807, 2.05) is 29.1 Å². The molecule has 1 aromatic carbocycles. The molecule has 1 aliphatic heterocycles. The molecule has 0 radical (unpaired) electrons. The third-order valence-corrected chi connectivity index (χ3v) is 4.31. The minimum Gasteiger partial charge on any atom is -0.381 e. The molecule has 21 heavy (non-hydrogen) atoms. The zero-order valence-corrected chi connectivity index (χ0v) is 12.7. The summed E-state index contributed by atoms with van der Waals surface area (Å²) in [6.07, 6.45) is 5.21. The summed E-state index contributed by atoms with van der Waals surface area (Å²) in [6.45, 7) is 6.22. The highest BCUT2D eigenvalue weighted by Crippen LogP contribution is 2.20. The van der Waals surface area contributed by atoms with Gasteiger partial charge in [-0.05, 0) is 38.3 Å². The van der Waals surface area contributed by atoms with Crippen LogP contribution in [0.15, 0.2) is 42.7 Å². The number of hydrogen-bond acceptors (Lipinski definition) is 3. The normalized spacial score (nSPS) is 21.3. The van der Waals surface area contributed by atoms with Crippen molar-refractivity contribution in [2.24, 2.45) is 5.92 Å². The Morgan fingerprint density at radius 2 is 2.10 bits per heavy atom. The first-order valence-electron chi connectivity index (χ1n) is 7.68. The van der Waals surface area contributed by atoms with Crippen molar-refractivity contribution < 1.29 is 4.74 Å². The quantitative estimate of drug-likeness (QED) is 0.918. The second-order valence-electron chi connectivity index (χ2n) is 5.85. The minimum atomic E-state index is 0.290. The van der Waals surface area contributed by atoms with Crippen LogP contribution in [0.1, 0.15) is 31.9 Å². The molecule has 3 rings (SSSR count). The molecule has 1 fully saturated rings. The van der Waals surface area contributed by atoms with Crippen LogP contribution in [0.2, 0.25) is 0 Å². The molecule has 1 aliphatic rings. The fourth-order valence-electron chi connectivity index (χ4n) is 2.86. The Labute approximate surface area is 126 Å². The van der Waals surface area contributed by atoms with Crippen molar-refractivity contribution in [2.75, 3.05) is 13.2 Å². The van der Waals surface area contributed by atoms with Gasteiger partial charge in [-0.25, -0.2) is 4.68 Å². The van der Waals surface area contributed by atoms with E-state index in [9.17, 15) is 0 Å². The van der Waals surface area contributed by atoms with Crippen LogP contribution in [0.5, 0.6) is 0 Å². The highest BCUT2D eigenvalue weighted by Gasteiger charge is 2.23. The summed E-state index contributed by atoms with van der Waals surface area (Å²) in [4.78, 5) is 0. The summed E-state index contributed by atoms with van der Waals surface area (Å²) < 4.78 is 7.40. The van der Waals surface area contributed by atoms with E-state index in [0.29, 0.717) is 12.0 Å². The minimum absolute atomic E-state index is 0.290. The maximum atomic E-state index is 5.47. The first-order valence-corrected chi connectivity index (χ1v) is 7.68. The second-order valence-corrected chi connectivity index (χ2v) is 5.85. The first kappa shape index (κ1) is 14.3. The molecule has 3 atom stereocenters. The Balaban J connectivity index is 1.65. The number of nitrogens with one attached hydrogen (secondary N) is 1. The monoisotopic (exact) mass is 285 g/mol. The summed E-state index contributed by atoms with van der Waals surface area (Å²) >= 11 is 0. The van der Waals surface area contributed by atoms with Gasteiger partial charge in [0.05, 0.1) is 18.5 Å². The van der Waals surface area contributed by atoms with Gasteiger partial charge in [-0.1, -0.05) is 18.2 Å². The molecule has 0 amide bonds. The second kappa shape index (κ2) is 6.41. The summed E-state index contributed by atoms with van der Waals surface area (Å²) in [5, 5.41) is 8.13. The van der Waals surface area contributed by atoms with Crippen molar-refractivity contribution in [3.63, 3.8) is 0 Å². The molecule has 3 unspecified atom stereocenters. The van der Waals surface area contributed by atoms with Gasteiger partial charge in [-0.3, -0.25) is 0 Å². The van der Waals surface area contributed by atoms with Crippen molar-refractivity contribution in [2.45, 2.75) is 32.4 Å². The van der Waals surface area contributed by atoms with Crippen LogP contribution >= 0.6 is 0 Å². The maximum Gasteiger partial charge on any atom is 0.0645 e. The molecule has 4 heteroatoms. The Morgan fingerprint density at radius 1 is 1.29 bits per heavy atom. The van der Waals surface area contributed by atoms with Crippen LogP contribution < -0.4 is 5.32 Å². The van der Waals surface area contributed by atoms with Crippen molar-refractivity contribution in [3.05, 3.63) is 48.3 Å². The molecule has 0 spiro atoms. The third kappa shape index (κ3) is 3.34. The van der Waals surface area contributed by atoms with Gasteiger partial charge in [-0.15, -0.1) is 0 Å². The lowest BCUT2D eigenvalue weighted by Crippen LogP contribution is -2.35. The van der Waals surface area contributed by atoms with Crippen molar-refractivity contribution >= 4 is 0 Å². The van der Waals surface area contributed by atoms with E-state index in [0.717, 1.165) is 25.3 Å². The van der Waals surface area contributed by atoms with E-state index in [4.69, 9.17) is 4.74 Å². The Kier molecular flexibility index (Phi) is 4.36. The fraction of sp³-hybridized carbons (Fsp3) is 0.471. The van der Waals surface area contributed by atoms with Crippen LogP contribution in [0.3, 0.4) is 0 Å². The van der Waals surface area contributed by atoms with Gasteiger partial charge in [-0.2, -0.15) is 5.10 Å². The van der Waals surface area contributed by atoms with E-state index in [2.05, 4.69) is 42.6 Å². The summed E-state index contributed by atoms with van der Waals surface area (Å²) in [5.74, 6) is 0.622. The van der Waals surface area contributed by atoms with Crippen LogP contribution in [0.4, 0.5) is 0 Å². The van der Waals surface area contributed by atoms with E-state index in [1.54, 1.807) is 0 Å². The lowest BCUT2D eigenvalue weighted by Gasteiger charge is -2.23. The van der Waals surface area contributed by atoms with Gasteiger partial charge in [0.25, 0.3) is 0 Å². The van der Waals surface area contributed by atoms with E-state index < -0.39 is 0 Å². The number of ether oxygens (including phenoxy) is 1.